The number of aryl methyl sites for hydroxylation is 2. The van der Waals surface area contributed by atoms with Crippen molar-refractivity contribution < 1.29 is 9.32 Å². The second-order valence-electron chi connectivity index (χ2n) is 7.65. The molecule has 24 heavy (non-hydrogen) atoms. The van der Waals surface area contributed by atoms with Gasteiger partial charge < -0.3 is 9.42 Å². The number of amides is 1. The Bertz CT molecular complexity index is 578. The van der Waals surface area contributed by atoms with Crippen molar-refractivity contribution in [2.24, 2.45) is 0 Å². The van der Waals surface area contributed by atoms with Crippen LogP contribution in [-0.4, -0.2) is 71.6 Å². The van der Waals surface area contributed by atoms with Gasteiger partial charge in [0.15, 0.2) is 0 Å². The van der Waals surface area contributed by atoms with Crippen LogP contribution in [0.3, 0.4) is 0 Å². The van der Waals surface area contributed by atoms with Crippen molar-refractivity contribution in [1.29, 1.82) is 0 Å². The molecule has 6 heteroatoms. The standard InChI is InChI=1S/C18H30N4O2/c1-14-16(15(2)24-19-14)11-21-9-5-7-18(13-21)8-6-10-22(18)12-17(23)20(3)4/h5-13H2,1-4H3/t18-/m0/s1. The molecule has 134 valence electrons. The maximum Gasteiger partial charge on any atom is 0.236 e. The van der Waals surface area contributed by atoms with Gasteiger partial charge in [0.05, 0.1) is 12.2 Å². The van der Waals surface area contributed by atoms with E-state index in [1.165, 1.54) is 31.2 Å². The number of aromatic nitrogens is 1. The maximum atomic E-state index is 12.2. The molecular formula is C18H30N4O2. The molecule has 1 amide bonds. The normalized spacial score (nSPS) is 25.5. The van der Waals surface area contributed by atoms with Crippen LogP contribution in [0.5, 0.6) is 0 Å². The molecule has 0 N–H and O–H groups in total. The molecule has 2 saturated heterocycles. The van der Waals surface area contributed by atoms with E-state index in [2.05, 4.69) is 15.0 Å². The molecule has 0 radical (unpaired) electrons. The molecule has 1 aromatic heterocycles. The number of hydrogen-bond donors (Lipinski definition) is 0. The number of piperidine rings is 1. The second kappa shape index (κ2) is 6.84. The van der Waals surface area contributed by atoms with E-state index in [1.54, 1.807) is 4.90 Å². The number of carbonyl (C=O) groups is 1. The Morgan fingerprint density at radius 1 is 1.25 bits per heavy atom. The van der Waals surface area contributed by atoms with Crippen molar-refractivity contribution in [3.63, 3.8) is 0 Å². The first kappa shape index (κ1) is 17.4. The predicted molar refractivity (Wildman–Crippen MR) is 92.7 cm³/mol. The van der Waals surface area contributed by atoms with Gasteiger partial charge in [-0.25, -0.2) is 0 Å². The number of hydrogen-bond acceptors (Lipinski definition) is 5. The fourth-order valence-corrected chi connectivity index (χ4v) is 4.30. The number of likely N-dealkylation sites (tertiary alicyclic amines) is 2. The van der Waals surface area contributed by atoms with E-state index in [0.717, 1.165) is 37.6 Å². The van der Waals surface area contributed by atoms with Crippen LogP contribution < -0.4 is 0 Å². The van der Waals surface area contributed by atoms with Crippen LogP contribution in [0, 0.1) is 13.8 Å². The van der Waals surface area contributed by atoms with E-state index in [9.17, 15) is 4.79 Å². The van der Waals surface area contributed by atoms with Gasteiger partial charge in [-0.05, 0) is 52.6 Å². The minimum absolute atomic E-state index is 0.170. The SMILES string of the molecule is Cc1noc(C)c1CN1CCC[C@]2(CCCN2CC(=O)N(C)C)C1. The molecule has 3 rings (SSSR count). The Morgan fingerprint density at radius 2 is 1.96 bits per heavy atom. The van der Waals surface area contributed by atoms with Crippen molar-refractivity contribution in [2.45, 2.75) is 51.6 Å². The van der Waals surface area contributed by atoms with Crippen LogP contribution in [0.2, 0.25) is 0 Å². The van der Waals surface area contributed by atoms with E-state index >= 15 is 0 Å². The number of carbonyl (C=O) groups excluding carboxylic acids is 1. The van der Waals surface area contributed by atoms with Gasteiger partial charge in [0.2, 0.25) is 5.91 Å². The third-order valence-electron chi connectivity index (χ3n) is 5.76. The third kappa shape index (κ3) is 3.35. The topological polar surface area (TPSA) is 52.8 Å². The summed E-state index contributed by atoms with van der Waals surface area (Å²) in [5, 5.41) is 4.08. The van der Waals surface area contributed by atoms with E-state index in [4.69, 9.17) is 4.52 Å². The molecule has 0 saturated carbocycles. The zero-order valence-corrected chi connectivity index (χ0v) is 15.5. The predicted octanol–water partition coefficient (Wildman–Crippen LogP) is 1.81. The zero-order valence-electron chi connectivity index (χ0n) is 15.5. The molecule has 2 fully saturated rings. The summed E-state index contributed by atoms with van der Waals surface area (Å²) in [7, 11) is 3.69. The minimum Gasteiger partial charge on any atom is -0.361 e. The Balaban J connectivity index is 1.70. The molecule has 3 heterocycles. The second-order valence-corrected chi connectivity index (χ2v) is 7.65. The van der Waals surface area contributed by atoms with Crippen molar-refractivity contribution in [3.05, 3.63) is 17.0 Å². The van der Waals surface area contributed by atoms with Gasteiger partial charge in [-0.3, -0.25) is 14.6 Å². The number of likely N-dealkylation sites (N-methyl/N-ethyl adjacent to an activating group) is 1. The summed E-state index contributed by atoms with van der Waals surface area (Å²) in [4.78, 5) is 18.9. The lowest BCUT2D eigenvalue weighted by Crippen LogP contribution is -2.57. The van der Waals surface area contributed by atoms with Crippen molar-refractivity contribution in [3.8, 4) is 0 Å². The Labute approximate surface area is 144 Å². The van der Waals surface area contributed by atoms with Crippen LogP contribution in [0.4, 0.5) is 0 Å². The van der Waals surface area contributed by atoms with Crippen LogP contribution in [-0.2, 0) is 11.3 Å². The Hall–Kier alpha value is -1.40. The van der Waals surface area contributed by atoms with Gasteiger partial charge in [0.1, 0.15) is 5.76 Å². The molecule has 0 aliphatic carbocycles. The van der Waals surface area contributed by atoms with Crippen LogP contribution in [0.1, 0.15) is 42.7 Å². The number of nitrogens with zero attached hydrogens (tertiary/aromatic N) is 4. The summed E-state index contributed by atoms with van der Waals surface area (Å²) >= 11 is 0. The van der Waals surface area contributed by atoms with E-state index < -0.39 is 0 Å². The summed E-state index contributed by atoms with van der Waals surface area (Å²) < 4.78 is 5.32. The zero-order chi connectivity index (χ0) is 17.3. The van der Waals surface area contributed by atoms with E-state index in [1.807, 2.05) is 27.9 Å². The van der Waals surface area contributed by atoms with Crippen LogP contribution in [0.25, 0.3) is 0 Å². The minimum atomic E-state index is 0.170. The third-order valence-corrected chi connectivity index (χ3v) is 5.76. The summed E-state index contributed by atoms with van der Waals surface area (Å²) in [6.07, 6.45) is 4.79. The summed E-state index contributed by atoms with van der Waals surface area (Å²) in [6, 6.07) is 0. The monoisotopic (exact) mass is 334 g/mol. The van der Waals surface area contributed by atoms with E-state index in [0.29, 0.717) is 6.54 Å². The molecule has 2 aliphatic heterocycles. The molecule has 0 unspecified atom stereocenters. The van der Waals surface area contributed by atoms with Gasteiger partial charge in [0, 0.05) is 38.3 Å². The highest BCUT2D eigenvalue weighted by atomic mass is 16.5. The molecule has 2 aliphatic rings. The lowest BCUT2D eigenvalue weighted by Gasteiger charge is -2.46. The van der Waals surface area contributed by atoms with Gasteiger partial charge in [-0.15, -0.1) is 0 Å². The van der Waals surface area contributed by atoms with E-state index in [-0.39, 0.29) is 11.4 Å². The van der Waals surface area contributed by atoms with Gasteiger partial charge in [0.25, 0.3) is 0 Å². The molecule has 1 aromatic rings. The van der Waals surface area contributed by atoms with Crippen molar-refractivity contribution in [2.75, 3.05) is 40.3 Å². The smallest absolute Gasteiger partial charge is 0.236 e. The molecular weight excluding hydrogens is 304 g/mol. The Morgan fingerprint density at radius 3 is 2.58 bits per heavy atom. The van der Waals surface area contributed by atoms with Crippen LogP contribution in [0.15, 0.2) is 4.52 Å². The van der Waals surface area contributed by atoms with Gasteiger partial charge in [-0.2, -0.15) is 0 Å². The van der Waals surface area contributed by atoms with Gasteiger partial charge in [-0.1, -0.05) is 5.16 Å². The summed E-state index contributed by atoms with van der Waals surface area (Å²) in [5.41, 5.74) is 2.39. The highest BCUT2D eigenvalue weighted by molar-refractivity contribution is 5.77. The molecule has 0 aromatic carbocycles. The van der Waals surface area contributed by atoms with Gasteiger partial charge >= 0.3 is 0 Å². The average Bonchev–Trinajstić information content (AvgIpc) is 3.05. The molecule has 1 spiro atoms. The first-order chi connectivity index (χ1) is 11.4. The molecule has 0 bridgehead atoms. The maximum absolute atomic E-state index is 12.2. The summed E-state index contributed by atoms with van der Waals surface area (Å²) in [5.74, 6) is 1.14. The highest BCUT2D eigenvalue weighted by Crippen LogP contribution is 2.37. The molecule has 6 nitrogen and oxygen atoms in total. The lowest BCUT2D eigenvalue weighted by molar-refractivity contribution is -0.131. The first-order valence-corrected chi connectivity index (χ1v) is 9.00. The first-order valence-electron chi connectivity index (χ1n) is 9.00. The number of rotatable bonds is 4. The van der Waals surface area contributed by atoms with Crippen molar-refractivity contribution in [1.82, 2.24) is 19.9 Å². The quantitative estimate of drug-likeness (QED) is 0.840. The van der Waals surface area contributed by atoms with Crippen molar-refractivity contribution >= 4 is 5.91 Å². The summed E-state index contributed by atoms with van der Waals surface area (Å²) in [6.45, 7) is 8.65. The Kier molecular flexibility index (Phi) is 4.97. The fraction of sp³-hybridized carbons (Fsp3) is 0.778. The average molecular weight is 334 g/mol. The van der Waals surface area contributed by atoms with Crippen LogP contribution >= 0.6 is 0 Å². The molecule has 1 atom stereocenters. The fourth-order valence-electron chi connectivity index (χ4n) is 4.30. The lowest BCUT2D eigenvalue weighted by atomic mass is 9.86. The largest absolute Gasteiger partial charge is 0.361 e. The highest BCUT2D eigenvalue weighted by Gasteiger charge is 2.44.